The van der Waals surface area contributed by atoms with Gasteiger partial charge in [-0.25, -0.2) is 0 Å². The predicted octanol–water partition coefficient (Wildman–Crippen LogP) is 1.94. The molecule has 4 heteroatoms. The highest BCUT2D eigenvalue weighted by Gasteiger charge is 2.24. The lowest BCUT2D eigenvalue weighted by molar-refractivity contribution is 0.0653. The number of aliphatic hydroxyl groups is 1. The normalized spacial score (nSPS) is 19.5. The van der Waals surface area contributed by atoms with Crippen LogP contribution in [-0.4, -0.2) is 40.7 Å². The predicted molar refractivity (Wildman–Crippen MR) is 73.2 cm³/mol. The zero-order valence-corrected chi connectivity index (χ0v) is 11.3. The second-order valence-corrected chi connectivity index (χ2v) is 5.27. The summed E-state index contributed by atoms with van der Waals surface area (Å²) in [6.45, 7) is 3.47. The molecule has 0 radical (unpaired) electrons. The number of aryl methyl sites for hydroxylation is 1. The topological polar surface area (TPSA) is 60.8 Å². The summed E-state index contributed by atoms with van der Waals surface area (Å²) in [5.41, 5.74) is 1.34. The van der Waals surface area contributed by atoms with E-state index in [4.69, 9.17) is 5.11 Å². The molecule has 19 heavy (non-hydrogen) atoms. The average Bonchev–Trinajstić information content (AvgIpc) is 2.42. The molecule has 1 aromatic rings. The molecule has 1 unspecified atom stereocenters. The van der Waals surface area contributed by atoms with E-state index in [2.05, 4.69) is 0 Å². The number of piperidine rings is 1. The second-order valence-electron chi connectivity index (χ2n) is 5.27. The summed E-state index contributed by atoms with van der Waals surface area (Å²) in [5, 5.41) is 18.5. The molecule has 0 aromatic heterocycles. The standard InChI is InChI=1S/C15H21NO3/c1-11-9-13(4-5-14(11)18)15(19)16-7-2-3-12(10-16)6-8-17/h4-5,9,12,17-18H,2-3,6-8,10H2,1H3. The van der Waals surface area contributed by atoms with Gasteiger partial charge >= 0.3 is 0 Å². The van der Waals surface area contributed by atoms with Crippen LogP contribution in [0.5, 0.6) is 5.75 Å². The van der Waals surface area contributed by atoms with Gasteiger partial charge in [0, 0.05) is 25.3 Å². The van der Waals surface area contributed by atoms with E-state index in [0.29, 0.717) is 11.5 Å². The van der Waals surface area contributed by atoms with Crippen molar-refractivity contribution in [3.05, 3.63) is 29.3 Å². The Morgan fingerprint density at radius 3 is 2.95 bits per heavy atom. The van der Waals surface area contributed by atoms with E-state index in [0.717, 1.165) is 37.9 Å². The first kappa shape index (κ1) is 13.9. The van der Waals surface area contributed by atoms with Crippen LogP contribution in [-0.2, 0) is 0 Å². The maximum atomic E-state index is 12.4. The number of benzene rings is 1. The molecule has 2 rings (SSSR count). The van der Waals surface area contributed by atoms with Crippen molar-refractivity contribution in [2.24, 2.45) is 5.92 Å². The molecule has 1 atom stereocenters. The number of likely N-dealkylation sites (tertiary alicyclic amines) is 1. The molecule has 4 nitrogen and oxygen atoms in total. The number of carbonyl (C=O) groups is 1. The second kappa shape index (κ2) is 6.06. The SMILES string of the molecule is Cc1cc(C(=O)N2CCCC(CCO)C2)ccc1O. The number of hydrogen-bond donors (Lipinski definition) is 2. The van der Waals surface area contributed by atoms with Gasteiger partial charge in [-0.15, -0.1) is 0 Å². The number of carbonyl (C=O) groups excluding carboxylic acids is 1. The van der Waals surface area contributed by atoms with Gasteiger partial charge < -0.3 is 15.1 Å². The molecule has 0 spiro atoms. The Morgan fingerprint density at radius 2 is 2.26 bits per heavy atom. The Balaban J connectivity index is 2.08. The zero-order valence-electron chi connectivity index (χ0n) is 11.3. The lowest BCUT2D eigenvalue weighted by Gasteiger charge is -2.32. The number of hydrogen-bond acceptors (Lipinski definition) is 3. The summed E-state index contributed by atoms with van der Waals surface area (Å²) in [7, 11) is 0. The Bertz CT molecular complexity index is 457. The fourth-order valence-electron chi connectivity index (χ4n) is 2.64. The fourth-order valence-corrected chi connectivity index (χ4v) is 2.64. The van der Waals surface area contributed by atoms with Crippen molar-refractivity contribution < 1.29 is 15.0 Å². The van der Waals surface area contributed by atoms with Crippen LogP contribution in [0, 0.1) is 12.8 Å². The summed E-state index contributed by atoms with van der Waals surface area (Å²) >= 11 is 0. The van der Waals surface area contributed by atoms with Gasteiger partial charge in [0.05, 0.1) is 0 Å². The van der Waals surface area contributed by atoms with Crippen molar-refractivity contribution >= 4 is 5.91 Å². The summed E-state index contributed by atoms with van der Waals surface area (Å²) in [6, 6.07) is 4.96. The van der Waals surface area contributed by atoms with Crippen molar-refractivity contribution in [3.63, 3.8) is 0 Å². The highest BCUT2D eigenvalue weighted by molar-refractivity contribution is 5.94. The number of aliphatic hydroxyl groups excluding tert-OH is 1. The molecule has 0 saturated carbocycles. The van der Waals surface area contributed by atoms with Gasteiger partial charge in [-0.05, 0) is 55.9 Å². The lowest BCUT2D eigenvalue weighted by Crippen LogP contribution is -2.40. The minimum Gasteiger partial charge on any atom is -0.508 e. The van der Waals surface area contributed by atoms with E-state index in [-0.39, 0.29) is 18.3 Å². The quantitative estimate of drug-likeness (QED) is 0.876. The minimum absolute atomic E-state index is 0.0192. The number of aromatic hydroxyl groups is 1. The Morgan fingerprint density at radius 1 is 1.47 bits per heavy atom. The number of nitrogens with zero attached hydrogens (tertiary/aromatic N) is 1. The first-order valence-electron chi connectivity index (χ1n) is 6.81. The van der Waals surface area contributed by atoms with E-state index >= 15 is 0 Å². The number of rotatable bonds is 3. The van der Waals surface area contributed by atoms with Crippen LogP contribution >= 0.6 is 0 Å². The van der Waals surface area contributed by atoms with Gasteiger partial charge in [0.2, 0.25) is 0 Å². The third-order valence-corrected chi connectivity index (χ3v) is 3.79. The van der Waals surface area contributed by atoms with Crippen LogP contribution in [0.1, 0.15) is 35.2 Å². The molecular formula is C15H21NO3. The van der Waals surface area contributed by atoms with E-state index in [1.807, 2.05) is 4.90 Å². The molecule has 1 heterocycles. The van der Waals surface area contributed by atoms with Crippen LogP contribution in [0.4, 0.5) is 0 Å². The number of phenols is 1. The Labute approximate surface area is 113 Å². The van der Waals surface area contributed by atoms with Crippen LogP contribution < -0.4 is 0 Å². The van der Waals surface area contributed by atoms with Crippen molar-refractivity contribution in [1.82, 2.24) is 4.90 Å². The van der Waals surface area contributed by atoms with Crippen LogP contribution in [0.3, 0.4) is 0 Å². The van der Waals surface area contributed by atoms with Gasteiger partial charge in [-0.1, -0.05) is 0 Å². The van der Waals surface area contributed by atoms with E-state index in [1.54, 1.807) is 25.1 Å². The van der Waals surface area contributed by atoms with Crippen LogP contribution in [0.2, 0.25) is 0 Å². The zero-order chi connectivity index (χ0) is 13.8. The molecular weight excluding hydrogens is 242 g/mol. The van der Waals surface area contributed by atoms with Gasteiger partial charge in [-0.2, -0.15) is 0 Å². The van der Waals surface area contributed by atoms with E-state index in [1.165, 1.54) is 0 Å². The summed E-state index contributed by atoms with van der Waals surface area (Å²) < 4.78 is 0. The third kappa shape index (κ3) is 3.26. The average molecular weight is 263 g/mol. The molecule has 104 valence electrons. The highest BCUT2D eigenvalue weighted by Crippen LogP contribution is 2.23. The molecule has 1 fully saturated rings. The Kier molecular flexibility index (Phi) is 4.43. The lowest BCUT2D eigenvalue weighted by atomic mass is 9.94. The highest BCUT2D eigenvalue weighted by atomic mass is 16.3. The third-order valence-electron chi connectivity index (χ3n) is 3.79. The van der Waals surface area contributed by atoms with Gasteiger partial charge in [0.15, 0.2) is 0 Å². The first-order chi connectivity index (χ1) is 9.11. The van der Waals surface area contributed by atoms with E-state index in [9.17, 15) is 9.90 Å². The van der Waals surface area contributed by atoms with Gasteiger partial charge in [-0.3, -0.25) is 4.79 Å². The fraction of sp³-hybridized carbons (Fsp3) is 0.533. The maximum Gasteiger partial charge on any atom is 0.253 e. The van der Waals surface area contributed by atoms with Crippen molar-refractivity contribution in [1.29, 1.82) is 0 Å². The van der Waals surface area contributed by atoms with Gasteiger partial charge in [0.1, 0.15) is 5.75 Å². The summed E-state index contributed by atoms with van der Waals surface area (Å²) in [5.74, 6) is 0.639. The molecule has 1 aliphatic heterocycles. The molecule has 1 amide bonds. The molecule has 2 N–H and O–H groups in total. The number of amides is 1. The smallest absolute Gasteiger partial charge is 0.253 e. The molecule has 1 aliphatic rings. The van der Waals surface area contributed by atoms with E-state index < -0.39 is 0 Å². The Hall–Kier alpha value is -1.55. The maximum absolute atomic E-state index is 12.4. The molecule has 0 bridgehead atoms. The van der Waals surface area contributed by atoms with Crippen molar-refractivity contribution in [2.75, 3.05) is 19.7 Å². The first-order valence-corrected chi connectivity index (χ1v) is 6.81. The molecule has 1 saturated heterocycles. The molecule has 0 aliphatic carbocycles. The largest absolute Gasteiger partial charge is 0.508 e. The van der Waals surface area contributed by atoms with Crippen LogP contribution in [0.15, 0.2) is 18.2 Å². The minimum atomic E-state index is 0.0192. The summed E-state index contributed by atoms with van der Waals surface area (Å²) in [4.78, 5) is 14.3. The summed E-state index contributed by atoms with van der Waals surface area (Å²) in [6.07, 6.45) is 2.84. The monoisotopic (exact) mass is 263 g/mol. The van der Waals surface area contributed by atoms with Crippen LogP contribution in [0.25, 0.3) is 0 Å². The molecule has 1 aromatic carbocycles. The van der Waals surface area contributed by atoms with Crippen molar-refractivity contribution in [3.8, 4) is 5.75 Å². The van der Waals surface area contributed by atoms with Gasteiger partial charge in [0.25, 0.3) is 5.91 Å². The van der Waals surface area contributed by atoms with Crippen molar-refractivity contribution in [2.45, 2.75) is 26.2 Å². The number of phenolic OH excluding ortho intramolecular Hbond substituents is 1.